The Kier molecular flexibility index (Phi) is 1.80. The van der Waals surface area contributed by atoms with Crippen LogP contribution in [0.15, 0.2) is 17.3 Å². The fourth-order valence-electron chi connectivity index (χ4n) is 0.914. The van der Waals surface area contributed by atoms with Crippen LogP contribution < -0.4 is 5.56 Å². The predicted octanol–water partition coefficient (Wildman–Crippen LogP) is -0.573. The molecule has 0 radical (unpaired) electrons. The number of nitrogens with zero attached hydrogens (tertiary/aromatic N) is 4. The van der Waals surface area contributed by atoms with Gasteiger partial charge in [-0.3, -0.25) is 9.89 Å². The molecule has 0 saturated heterocycles. The molecule has 0 unspecified atom stereocenters. The predicted molar refractivity (Wildman–Crippen MR) is 44.9 cm³/mol. The molecule has 0 bridgehead atoms. The van der Waals surface area contributed by atoms with E-state index in [2.05, 4.69) is 25.1 Å². The highest BCUT2D eigenvalue weighted by molar-refractivity contribution is 5.41. The Morgan fingerprint density at radius 3 is 2.79 bits per heavy atom. The van der Waals surface area contributed by atoms with Crippen molar-refractivity contribution in [1.82, 2.24) is 25.1 Å². The second kappa shape index (κ2) is 3.10. The van der Waals surface area contributed by atoms with Gasteiger partial charge >= 0.3 is 0 Å². The molecule has 0 aliphatic rings. The summed E-state index contributed by atoms with van der Waals surface area (Å²) >= 11 is 0. The lowest BCUT2D eigenvalue weighted by atomic mass is 10.4. The SMILES string of the molecule is N#Cc1cnc(-c2ncn[nH]2)[nH]c1=O. The van der Waals surface area contributed by atoms with E-state index < -0.39 is 5.56 Å². The molecule has 0 amide bonds. The second-order valence-electron chi connectivity index (χ2n) is 2.42. The average Bonchev–Trinajstić information content (AvgIpc) is 2.70. The molecular weight excluding hydrogens is 184 g/mol. The molecule has 7 nitrogen and oxygen atoms in total. The summed E-state index contributed by atoms with van der Waals surface area (Å²) in [4.78, 5) is 21.2. The standard InChI is InChI=1S/C7H4N6O/c8-1-4-2-9-5(12-7(4)14)6-10-3-11-13-6/h2-3H,(H,9,12,14)(H,10,11,13). The van der Waals surface area contributed by atoms with Gasteiger partial charge in [-0.15, -0.1) is 0 Å². The van der Waals surface area contributed by atoms with Gasteiger partial charge in [-0.25, -0.2) is 9.97 Å². The number of aromatic nitrogens is 5. The van der Waals surface area contributed by atoms with E-state index in [1.807, 2.05) is 0 Å². The molecule has 2 N–H and O–H groups in total. The van der Waals surface area contributed by atoms with Crippen LogP contribution in [0.4, 0.5) is 0 Å². The summed E-state index contributed by atoms with van der Waals surface area (Å²) in [6, 6.07) is 1.72. The van der Waals surface area contributed by atoms with Crippen molar-refractivity contribution in [2.75, 3.05) is 0 Å². The summed E-state index contributed by atoms with van der Waals surface area (Å²) < 4.78 is 0. The Labute approximate surface area is 77.5 Å². The van der Waals surface area contributed by atoms with Gasteiger partial charge in [-0.1, -0.05) is 0 Å². The van der Waals surface area contributed by atoms with E-state index >= 15 is 0 Å². The van der Waals surface area contributed by atoms with Crippen LogP contribution in [0.5, 0.6) is 0 Å². The third kappa shape index (κ3) is 1.25. The third-order valence-electron chi connectivity index (χ3n) is 1.56. The highest BCUT2D eigenvalue weighted by Gasteiger charge is 2.05. The molecule has 0 fully saturated rings. The van der Waals surface area contributed by atoms with E-state index in [1.54, 1.807) is 6.07 Å². The van der Waals surface area contributed by atoms with Gasteiger partial charge in [0.2, 0.25) is 0 Å². The Morgan fingerprint density at radius 1 is 1.36 bits per heavy atom. The molecule has 0 aliphatic heterocycles. The lowest BCUT2D eigenvalue weighted by Crippen LogP contribution is -2.12. The zero-order chi connectivity index (χ0) is 9.97. The van der Waals surface area contributed by atoms with Gasteiger partial charge in [0.15, 0.2) is 11.6 Å². The summed E-state index contributed by atoms with van der Waals surface area (Å²) in [7, 11) is 0. The zero-order valence-corrected chi connectivity index (χ0v) is 6.85. The van der Waals surface area contributed by atoms with Crippen LogP contribution >= 0.6 is 0 Å². The lowest BCUT2D eigenvalue weighted by molar-refractivity contribution is 1.04. The van der Waals surface area contributed by atoms with Gasteiger partial charge in [-0.05, 0) is 0 Å². The maximum Gasteiger partial charge on any atom is 0.269 e. The van der Waals surface area contributed by atoms with Gasteiger partial charge < -0.3 is 4.98 Å². The number of aromatic amines is 2. The zero-order valence-electron chi connectivity index (χ0n) is 6.85. The summed E-state index contributed by atoms with van der Waals surface area (Å²) in [5.74, 6) is 0.609. The summed E-state index contributed by atoms with van der Waals surface area (Å²) in [6.07, 6.45) is 2.49. The van der Waals surface area contributed by atoms with Crippen LogP contribution in [0, 0.1) is 11.3 Å². The average molecular weight is 188 g/mol. The van der Waals surface area contributed by atoms with Crippen molar-refractivity contribution in [2.45, 2.75) is 0 Å². The Bertz CT molecular complexity index is 534. The first-order valence-corrected chi connectivity index (χ1v) is 3.66. The van der Waals surface area contributed by atoms with Crippen molar-refractivity contribution >= 4 is 0 Å². The van der Waals surface area contributed by atoms with Gasteiger partial charge in [0.1, 0.15) is 18.0 Å². The minimum absolute atomic E-state index is 0.0340. The lowest BCUT2D eigenvalue weighted by Gasteiger charge is -1.93. The largest absolute Gasteiger partial charge is 0.303 e. The summed E-state index contributed by atoms with van der Waals surface area (Å²) in [5.41, 5.74) is -0.526. The summed E-state index contributed by atoms with van der Waals surface area (Å²) in [5, 5.41) is 14.6. The molecule has 0 aromatic carbocycles. The first-order chi connectivity index (χ1) is 6.81. The van der Waals surface area contributed by atoms with Gasteiger partial charge in [-0.2, -0.15) is 10.4 Å². The molecule has 14 heavy (non-hydrogen) atoms. The summed E-state index contributed by atoms with van der Waals surface area (Å²) in [6.45, 7) is 0. The van der Waals surface area contributed by atoms with Crippen LogP contribution in [0.3, 0.4) is 0 Å². The number of hydrogen-bond acceptors (Lipinski definition) is 5. The molecule has 0 atom stereocenters. The topological polar surface area (TPSA) is 111 Å². The highest BCUT2D eigenvalue weighted by atomic mass is 16.1. The van der Waals surface area contributed by atoms with Crippen molar-refractivity contribution in [2.24, 2.45) is 0 Å². The van der Waals surface area contributed by atoms with Crippen molar-refractivity contribution < 1.29 is 0 Å². The minimum atomic E-state index is -0.492. The molecule has 2 heterocycles. The Balaban J connectivity index is 2.55. The first kappa shape index (κ1) is 8.12. The van der Waals surface area contributed by atoms with Crippen molar-refractivity contribution in [3.8, 4) is 17.7 Å². The smallest absolute Gasteiger partial charge is 0.269 e. The van der Waals surface area contributed by atoms with Crippen LogP contribution in [0.1, 0.15) is 5.56 Å². The molecule has 68 valence electrons. The number of nitriles is 1. The van der Waals surface area contributed by atoms with E-state index in [0.29, 0.717) is 5.82 Å². The van der Waals surface area contributed by atoms with E-state index in [1.165, 1.54) is 12.5 Å². The number of H-pyrrole nitrogens is 2. The van der Waals surface area contributed by atoms with E-state index in [4.69, 9.17) is 5.26 Å². The number of nitrogens with one attached hydrogen (secondary N) is 2. The maximum atomic E-state index is 11.2. The third-order valence-corrected chi connectivity index (χ3v) is 1.56. The van der Waals surface area contributed by atoms with E-state index in [0.717, 1.165) is 0 Å². The fourth-order valence-corrected chi connectivity index (χ4v) is 0.914. The van der Waals surface area contributed by atoms with Crippen molar-refractivity contribution in [1.29, 1.82) is 5.26 Å². The molecule has 2 aromatic heterocycles. The maximum absolute atomic E-state index is 11.2. The van der Waals surface area contributed by atoms with Crippen molar-refractivity contribution in [3.63, 3.8) is 0 Å². The number of hydrogen-bond donors (Lipinski definition) is 2. The van der Waals surface area contributed by atoms with Crippen LogP contribution in [0.25, 0.3) is 11.6 Å². The minimum Gasteiger partial charge on any atom is -0.303 e. The van der Waals surface area contributed by atoms with E-state index in [-0.39, 0.29) is 11.4 Å². The molecular formula is C7H4N6O. The Morgan fingerprint density at radius 2 is 2.21 bits per heavy atom. The molecule has 2 aromatic rings. The first-order valence-electron chi connectivity index (χ1n) is 3.66. The van der Waals surface area contributed by atoms with Crippen molar-refractivity contribution in [3.05, 3.63) is 28.4 Å². The highest BCUT2D eigenvalue weighted by Crippen LogP contribution is 2.02. The van der Waals surface area contributed by atoms with Crippen LogP contribution in [-0.2, 0) is 0 Å². The molecule has 0 aliphatic carbocycles. The Hall–Kier alpha value is -2.49. The monoisotopic (exact) mass is 188 g/mol. The quantitative estimate of drug-likeness (QED) is 0.622. The van der Waals surface area contributed by atoms with Gasteiger partial charge in [0.05, 0.1) is 6.20 Å². The molecule has 0 spiro atoms. The second-order valence-corrected chi connectivity index (χ2v) is 2.42. The normalized spacial score (nSPS) is 9.64. The van der Waals surface area contributed by atoms with Crippen LogP contribution in [-0.4, -0.2) is 25.1 Å². The van der Waals surface area contributed by atoms with Gasteiger partial charge in [0, 0.05) is 0 Å². The van der Waals surface area contributed by atoms with E-state index in [9.17, 15) is 4.79 Å². The van der Waals surface area contributed by atoms with Crippen LogP contribution in [0.2, 0.25) is 0 Å². The molecule has 2 rings (SSSR count). The van der Waals surface area contributed by atoms with Gasteiger partial charge in [0.25, 0.3) is 5.56 Å². The number of rotatable bonds is 1. The fraction of sp³-hybridized carbons (Fsp3) is 0. The molecule has 0 saturated carbocycles. The molecule has 7 heteroatoms.